The van der Waals surface area contributed by atoms with Crippen LogP contribution < -0.4 is 14.8 Å². The summed E-state index contributed by atoms with van der Waals surface area (Å²) in [6.07, 6.45) is 3.39. The highest BCUT2D eigenvalue weighted by molar-refractivity contribution is 5.78. The Labute approximate surface area is 156 Å². The third-order valence-electron chi connectivity index (χ3n) is 4.03. The van der Waals surface area contributed by atoms with Crippen molar-refractivity contribution in [3.8, 4) is 11.5 Å². The lowest BCUT2D eigenvalue weighted by molar-refractivity contribution is -0.123. The second-order valence-corrected chi connectivity index (χ2v) is 5.89. The molecular weight excluding hydrogens is 349 g/mol. The van der Waals surface area contributed by atoms with Gasteiger partial charge in [-0.3, -0.25) is 4.79 Å². The predicted octanol–water partition coefficient (Wildman–Crippen LogP) is 2.85. The number of amides is 1. The van der Waals surface area contributed by atoms with Gasteiger partial charge in [0.05, 0.1) is 7.11 Å². The maximum Gasteiger partial charge on any atom is 0.258 e. The number of para-hydroxylation sites is 2. The van der Waals surface area contributed by atoms with E-state index in [9.17, 15) is 9.18 Å². The summed E-state index contributed by atoms with van der Waals surface area (Å²) in [5.41, 5.74) is 0.593. The van der Waals surface area contributed by atoms with Crippen molar-refractivity contribution in [1.29, 1.82) is 0 Å². The molecule has 1 aromatic heterocycles. The standard InChI is InChI=1S/C20H20FN3O3/c1-24-11-10-22-20(24)19(14-6-5-7-15(21)12-14)23-18(25)13-27-17-9-4-3-8-16(17)26-2/h3-12,19H,13H2,1-2H3,(H,23,25). The molecule has 2 aromatic carbocycles. The minimum absolute atomic E-state index is 0.212. The highest BCUT2D eigenvalue weighted by Gasteiger charge is 2.21. The first kappa shape index (κ1) is 18.4. The van der Waals surface area contributed by atoms with Crippen LogP contribution in [0.2, 0.25) is 0 Å². The highest BCUT2D eigenvalue weighted by atomic mass is 19.1. The lowest BCUT2D eigenvalue weighted by Crippen LogP contribution is -2.34. The molecule has 3 rings (SSSR count). The zero-order valence-electron chi connectivity index (χ0n) is 15.1. The van der Waals surface area contributed by atoms with Crippen LogP contribution in [0.3, 0.4) is 0 Å². The molecule has 140 valence electrons. The number of ether oxygens (including phenoxy) is 2. The summed E-state index contributed by atoms with van der Waals surface area (Å²) in [5, 5.41) is 2.86. The molecule has 0 aliphatic rings. The smallest absolute Gasteiger partial charge is 0.258 e. The summed E-state index contributed by atoms with van der Waals surface area (Å²) in [6.45, 7) is -0.212. The average molecular weight is 369 g/mol. The van der Waals surface area contributed by atoms with Gasteiger partial charge in [-0.15, -0.1) is 0 Å². The Morgan fingerprint density at radius 3 is 2.67 bits per heavy atom. The Morgan fingerprint density at radius 1 is 1.22 bits per heavy atom. The van der Waals surface area contributed by atoms with E-state index in [0.717, 1.165) is 0 Å². The van der Waals surface area contributed by atoms with Gasteiger partial charge in [-0.05, 0) is 29.8 Å². The zero-order valence-corrected chi connectivity index (χ0v) is 15.1. The van der Waals surface area contributed by atoms with Crippen molar-refractivity contribution >= 4 is 5.91 Å². The van der Waals surface area contributed by atoms with Gasteiger partial charge in [-0.2, -0.15) is 0 Å². The fourth-order valence-corrected chi connectivity index (χ4v) is 2.72. The number of hydrogen-bond acceptors (Lipinski definition) is 4. The minimum atomic E-state index is -0.602. The van der Waals surface area contributed by atoms with Crippen LogP contribution in [0.25, 0.3) is 0 Å². The van der Waals surface area contributed by atoms with Crippen molar-refractivity contribution in [2.24, 2.45) is 7.05 Å². The first-order chi connectivity index (χ1) is 13.1. The Kier molecular flexibility index (Phi) is 5.71. The van der Waals surface area contributed by atoms with Crippen LogP contribution >= 0.6 is 0 Å². The van der Waals surface area contributed by atoms with Crippen molar-refractivity contribution in [2.75, 3.05) is 13.7 Å². The van der Waals surface area contributed by atoms with Crippen LogP contribution in [0.4, 0.5) is 4.39 Å². The molecule has 1 unspecified atom stereocenters. The van der Waals surface area contributed by atoms with E-state index >= 15 is 0 Å². The number of imidazole rings is 1. The van der Waals surface area contributed by atoms with Crippen LogP contribution in [-0.4, -0.2) is 29.2 Å². The molecule has 1 N–H and O–H groups in total. The van der Waals surface area contributed by atoms with Gasteiger partial charge >= 0.3 is 0 Å². The van der Waals surface area contributed by atoms with Gasteiger partial charge in [0.2, 0.25) is 0 Å². The van der Waals surface area contributed by atoms with Gasteiger partial charge in [0.15, 0.2) is 18.1 Å². The van der Waals surface area contributed by atoms with E-state index in [2.05, 4.69) is 10.3 Å². The quantitative estimate of drug-likeness (QED) is 0.696. The largest absolute Gasteiger partial charge is 0.493 e. The van der Waals surface area contributed by atoms with E-state index < -0.39 is 6.04 Å². The van der Waals surface area contributed by atoms with Gasteiger partial charge in [0.25, 0.3) is 5.91 Å². The molecule has 27 heavy (non-hydrogen) atoms. The van der Waals surface area contributed by atoms with E-state index in [0.29, 0.717) is 22.9 Å². The monoisotopic (exact) mass is 369 g/mol. The van der Waals surface area contributed by atoms with E-state index in [4.69, 9.17) is 9.47 Å². The van der Waals surface area contributed by atoms with Crippen molar-refractivity contribution in [2.45, 2.75) is 6.04 Å². The maximum atomic E-state index is 13.7. The summed E-state index contributed by atoms with van der Waals surface area (Å²) < 4.78 is 26.2. The highest BCUT2D eigenvalue weighted by Crippen LogP contribution is 2.26. The number of benzene rings is 2. The van der Waals surface area contributed by atoms with Gasteiger partial charge in [0, 0.05) is 19.4 Å². The summed E-state index contributed by atoms with van der Waals surface area (Å²) in [6, 6.07) is 12.5. The second kappa shape index (κ2) is 8.35. The molecule has 7 heteroatoms. The van der Waals surface area contributed by atoms with Crippen molar-refractivity contribution in [3.05, 3.63) is 78.1 Å². The Balaban J connectivity index is 1.76. The third-order valence-corrected chi connectivity index (χ3v) is 4.03. The van der Waals surface area contributed by atoms with Crippen LogP contribution in [0.15, 0.2) is 60.9 Å². The molecule has 0 aliphatic carbocycles. The molecule has 3 aromatic rings. The number of rotatable bonds is 7. The van der Waals surface area contributed by atoms with Crippen LogP contribution in [0, 0.1) is 5.82 Å². The topological polar surface area (TPSA) is 65.4 Å². The fraction of sp³-hybridized carbons (Fsp3) is 0.200. The molecule has 0 saturated carbocycles. The third kappa shape index (κ3) is 4.44. The first-order valence-corrected chi connectivity index (χ1v) is 8.36. The molecule has 1 atom stereocenters. The molecule has 6 nitrogen and oxygen atoms in total. The van der Waals surface area contributed by atoms with Gasteiger partial charge < -0.3 is 19.4 Å². The van der Waals surface area contributed by atoms with Crippen molar-refractivity contribution in [1.82, 2.24) is 14.9 Å². The van der Waals surface area contributed by atoms with Crippen LogP contribution in [0.5, 0.6) is 11.5 Å². The SMILES string of the molecule is COc1ccccc1OCC(=O)NC(c1cccc(F)c1)c1nccn1C. The van der Waals surface area contributed by atoms with E-state index in [1.165, 1.54) is 19.2 Å². The Bertz CT molecular complexity index is 926. The molecular formula is C20H20FN3O3. The van der Waals surface area contributed by atoms with Crippen molar-refractivity contribution in [3.63, 3.8) is 0 Å². The molecule has 0 radical (unpaired) electrons. The molecule has 0 aliphatic heterocycles. The van der Waals surface area contributed by atoms with Gasteiger partial charge in [0.1, 0.15) is 17.7 Å². The van der Waals surface area contributed by atoms with Crippen molar-refractivity contribution < 1.29 is 18.7 Å². The molecule has 0 spiro atoms. The summed E-state index contributed by atoms with van der Waals surface area (Å²) in [7, 11) is 3.34. The summed E-state index contributed by atoms with van der Waals surface area (Å²) >= 11 is 0. The first-order valence-electron chi connectivity index (χ1n) is 8.36. The van der Waals surface area contributed by atoms with E-state index in [1.807, 2.05) is 13.1 Å². The number of methoxy groups -OCH3 is 1. The number of halogens is 1. The van der Waals surface area contributed by atoms with Crippen LogP contribution in [0.1, 0.15) is 17.4 Å². The Morgan fingerprint density at radius 2 is 2.00 bits per heavy atom. The second-order valence-electron chi connectivity index (χ2n) is 5.89. The molecule has 0 bridgehead atoms. The van der Waals surface area contributed by atoms with E-state index in [1.54, 1.807) is 47.3 Å². The number of aromatic nitrogens is 2. The average Bonchev–Trinajstić information content (AvgIpc) is 3.10. The fourth-order valence-electron chi connectivity index (χ4n) is 2.72. The zero-order chi connectivity index (χ0) is 19.2. The maximum absolute atomic E-state index is 13.7. The number of carbonyl (C=O) groups is 1. The Hall–Kier alpha value is -3.35. The molecule has 0 fully saturated rings. The molecule has 1 amide bonds. The lowest BCUT2D eigenvalue weighted by Gasteiger charge is -2.19. The molecule has 0 saturated heterocycles. The normalized spacial score (nSPS) is 11.7. The van der Waals surface area contributed by atoms with E-state index in [-0.39, 0.29) is 18.3 Å². The number of nitrogens with one attached hydrogen (secondary N) is 1. The van der Waals surface area contributed by atoms with Gasteiger partial charge in [-0.1, -0.05) is 24.3 Å². The number of carbonyl (C=O) groups excluding carboxylic acids is 1. The summed E-state index contributed by atoms with van der Waals surface area (Å²) in [5.74, 6) is 0.848. The minimum Gasteiger partial charge on any atom is -0.493 e. The predicted molar refractivity (Wildman–Crippen MR) is 98.1 cm³/mol. The number of aryl methyl sites for hydroxylation is 1. The van der Waals surface area contributed by atoms with Gasteiger partial charge in [-0.25, -0.2) is 9.37 Å². The number of hydrogen-bond donors (Lipinski definition) is 1. The number of nitrogens with zero attached hydrogens (tertiary/aromatic N) is 2. The lowest BCUT2D eigenvalue weighted by atomic mass is 10.1. The summed E-state index contributed by atoms with van der Waals surface area (Å²) in [4.78, 5) is 16.8. The molecule has 1 heterocycles. The van der Waals surface area contributed by atoms with Crippen LogP contribution in [-0.2, 0) is 11.8 Å².